The number of hydrogen-bond donors (Lipinski definition) is 0. The summed E-state index contributed by atoms with van der Waals surface area (Å²) in [5.41, 5.74) is 0. The molecule has 0 spiro atoms. The highest BCUT2D eigenvalue weighted by atomic mass is 16.2. The van der Waals surface area contributed by atoms with E-state index in [1.165, 1.54) is 4.90 Å². The molecule has 1 saturated carbocycles. The molecule has 20 heavy (non-hydrogen) atoms. The maximum atomic E-state index is 12.5. The molecule has 1 saturated heterocycles. The molecule has 1 aliphatic heterocycles. The molecular weight excluding hydrogens is 252 g/mol. The number of hydrogen-bond acceptors (Lipinski definition) is 2. The fourth-order valence-corrected chi connectivity index (χ4v) is 3.88. The summed E-state index contributed by atoms with van der Waals surface area (Å²) >= 11 is 0. The molecule has 0 aromatic heterocycles. The second-order valence-corrected chi connectivity index (χ2v) is 6.85. The molecule has 3 rings (SSSR count). The summed E-state index contributed by atoms with van der Waals surface area (Å²) in [7, 11) is 4.05. The standard InChI is InChI=1S/C16H21N2O2/c1-4-8-18(2,3)9-7-17-15(19)13-11-5-6-12(10-11)14(13)16(17)20/h1,5-6,11-14H,7-10H2,2-3H3/q+1/t11-,12-,13-,14-/m0/s1. The first-order valence-corrected chi connectivity index (χ1v) is 7.23. The van der Waals surface area contributed by atoms with Gasteiger partial charge in [0.25, 0.3) is 0 Å². The summed E-state index contributed by atoms with van der Waals surface area (Å²) < 4.78 is 0.633. The number of likely N-dealkylation sites (N-methyl/N-ethyl adjacent to an activating group) is 1. The van der Waals surface area contributed by atoms with Gasteiger partial charge in [-0.15, -0.1) is 6.42 Å². The first-order valence-electron chi connectivity index (χ1n) is 7.23. The molecule has 2 aliphatic carbocycles. The largest absolute Gasteiger partial charge is 0.317 e. The zero-order chi connectivity index (χ0) is 14.5. The van der Waals surface area contributed by atoms with E-state index < -0.39 is 0 Å². The number of amides is 2. The summed E-state index contributed by atoms with van der Waals surface area (Å²) in [6, 6.07) is 0. The lowest BCUT2D eigenvalue weighted by Crippen LogP contribution is -2.47. The van der Waals surface area contributed by atoms with Crippen molar-refractivity contribution in [2.75, 3.05) is 33.7 Å². The molecular formula is C16H21N2O2+. The smallest absolute Gasteiger partial charge is 0.233 e. The predicted molar refractivity (Wildman–Crippen MR) is 75.1 cm³/mol. The van der Waals surface area contributed by atoms with Crippen molar-refractivity contribution >= 4 is 11.8 Å². The summed E-state index contributed by atoms with van der Waals surface area (Å²) in [6.45, 7) is 1.80. The predicted octanol–water partition coefficient (Wildman–Crippen LogP) is 0.503. The Bertz CT molecular complexity index is 499. The molecule has 4 nitrogen and oxygen atoms in total. The molecule has 4 atom stereocenters. The highest BCUT2D eigenvalue weighted by molar-refractivity contribution is 6.06. The van der Waals surface area contributed by atoms with E-state index in [0.717, 1.165) is 6.42 Å². The number of terminal acetylenes is 1. The summed E-state index contributed by atoms with van der Waals surface area (Å²) in [5.74, 6) is 3.14. The zero-order valence-corrected chi connectivity index (χ0v) is 12.1. The fourth-order valence-electron chi connectivity index (χ4n) is 3.88. The van der Waals surface area contributed by atoms with Gasteiger partial charge < -0.3 is 4.48 Å². The van der Waals surface area contributed by atoms with Crippen LogP contribution < -0.4 is 0 Å². The summed E-state index contributed by atoms with van der Waals surface area (Å²) in [6.07, 6.45) is 10.6. The van der Waals surface area contributed by atoms with Crippen LogP contribution in [0.2, 0.25) is 0 Å². The van der Waals surface area contributed by atoms with Gasteiger partial charge in [0.15, 0.2) is 0 Å². The van der Waals surface area contributed by atoms with E-state index in [0.29, 0.717) is 36.0 Å². The van der Waals surface area contributed by atoms with Gasteiger partial charge in [-0.05, 0) is 24.2 Å². The van der Waals surface area contributed by atoms with E-state index in [2.05, 4.69) is 18.1 Å². The van der Waals surface area contributed by atoms with E-state index in [4.69, 9.17) is 6.42 Å². The van der Waals surface area contributed by atoms with Crippen molar-refractivity contribution in [2.45, 2.75) is 6.42 Å². The molecule has 0 aromatic rings. The number of imide groups is 1. The minimum absolute atomic E-state index is 0.0394. The SMILES string of the molecule is C#CC[N+](C)(C)CCN1C(=O)[C@@H]2[C@@H](C1=O)[C@H]1C=C[C@H]2C1. The lowest BCUT2D eigenvalue weighted by molar-refractivity contribution is -0.882. The minimum atomic E-state index is -0.0826. The van der Waals surface area contributed by atoms with Gasteiger partial charge >= 0.3 is 0 Å². The van der Waals surface area contributed by atoms with Gasteiger partial charge in [0.05, 0.1) is 39.0 Å². The number of fused-ring (bicyclic) bond motifs is 5. The molecule has 2 bridgehead atoms. The van der Waals surface area contributed by atoms with Crippen molar-refractivity contribution in [3.63, 3.8) is 0 Å². The van der Waals surface area contributed by atoms with Crippen molar-refractivity contribution in [1.29, 1.82) is 0 Å². The molecule has 0 radical (unpaired) electrons. The average molecular weight is 273 g/mol. The zero-order valence-electron chi connectivity index (χ0n) is 12.1. The third-order valence-electron chi connectivity index (χ3n) is 5.01. The molecule has 1 heterocycles. The first kappa shape index (κ1) is 13.4. The van der Waals surface area contributed by atoms with Crippen LogP contribution >= 0.6 is 0 Å². The van der Waals surface area contributed by atoms with Crippen LogP contribution in [0.15, 0.2) is 12.2 Å². The summed E-state index contributed by atoms with van der Waals surface area (Å²) in [4.78, 5) is 26.5. The number of carbonyl (C=O) groups is 2. The molecule has 0 aromatic carbocycles. The molecule has 4 heteroatoms. The average Bonchev–Trinajstić information content (AvgIpc) is 3.03. The van der Waals surface area contributed by atoms with Crippen molar-refractivity contribution in [3.8, 4) is 12.3 Å². The van der Waals surface area contributed by atoms with Crippen molar-refractivity contribution in [2.24, 2.45) is 23.7 Å². The molecule has 0 unspecified atom stereocenters. The Kier molecular flexibility index (Phi) is 2.98. The fraction of sp³-hybridized carbons (Fsp3) is 0.625. The Hall–Kier alpha value is -1.60. The van der Waals surface area contributed by atoms with Crippen molar-refractivity contribution in [1.82, 2.24) is 4.90 Å². The van der Waals surface area contributed by atoms with Crippen LogP contribution in [0.3, 0.4) is 0 Å². The lowest BCUT2D eigenvalue weighted by Gasteiger charge is -2.29. The van der Waals surface area contributed by atoms with Gasteiger partial charge in [-0.3, -0.25) is 14.5 Å². The van der Waals surface area contributed by atoms with Gasteiger partial charge in [-0.2, -0.15) is 0 Å². The van der Waals surface area contributed by atoms with Crippen LogP contribution in [0, 0.1) is 36.0 Å². The molecule has 2 amide bonds. The number of nitrogens with zero attached hydrogens (tertiary/aromatic N) is 2. The van der Waals surface area contributed by atoms with Gasteiger partial charge in [0.2, 0.25) is 11.8 Å². The van der Waals surface area contributed by atoms with E-state index in [1.54, 1.807) is 0 Å². The highest BCUT2D eigenvalue weighted by Crippen LogP contribution is 2.52. The Labute approximate surface area is 120 Å². The van der Waals surface area contributed by atoms with Crippen LogP contribution in [0.4, 0.5) is 0 Å². The Morgan fingerprint density at radius 3 is 2.30 bits per heavy atom. The summed E-state index contributed by atoms with van der Waals surface area (Å²) in [5, 5.41) is 0. The maximum absolute atomic E-state index is 12.5. The van der Waals surface area contributed by atoms with Crippen molar-refractivity contribution < 1.29 is 14.1 Å². The molecule has 106 valence electrons. The second-order valence-electron chi connectivity index (χ2n) is 6.85. The van der Waals surface area contributed by atoms with Crippen LogP contribution in [0.1, 0.15) is 6.42 Å². The number of quaternary nitrogens is 1. The number of allylic oxidation sites excluding steroid dienone is 2. The van der Waals surface area contributed by atoms with Crippen LogP contribution in [0.5, 0.6) is 0 Å². The third-order valence-corrected chi connectivity index (χ3v) is 5.01. The highest BCUT2D eigenvalue weighted by Gasteiger charge is 2.59. The van der Waals surface area contributed by atoms with E-state index in [9.17, 15) is 9.59 Å². The number of rotatable bonds is 4. The molecule has 2 fully saturated rings. The normalized spacial score (nSPS) is 34.8. The monoisotopic (exact) mass is 273 g/mol. The lowest BCUT2D eigenvalue weighted by atomic mass is 9.85. The van der Waals surface area contributed by atoms with Gasteiger partial charge in [-0.25, -0.2) is 0 Å². The van der Waals surface area contributed by atoms with Gasteiger partial charge in [0.1, 0.15) is 6.54 Å². The topological polar surface area (TPSA) is 37.4 Å². The van der Waals surface area contributed by atoms with Crippen LogP contribution in [-0.2, 0) is 9.59 Å². The second kappa shape index (κ2) is 4.46. The van der Waals surface area contributed by atoms with E-state index in [-0.39, 0.29) is 23.7 Å². The first-order chi connectivity index (χ1) is 9.44. The Morgan fingerprint density at radius 2 is 1.80 bits per heavy atom. The van der Waals surface area contributed by atoms with E-state index in [1.807, 2.05) is 14.1 Å². The third kappa shape index (κ3) is 1.89. The van der Waals surface area contributed by atoms with Gasteiger partial charge in [0, 0.05) is 0 Å². The van der Waals surface area contributed by atoms with E-state index >= 15 is 0 Å². The van der Waals surface area contributed by atoms with Crippen LogP contribution in [0.25, 0.3) is 0 Å². The quantitative estimate of drug-likeness (QED) is 0.324. The Balaban J connectivity index is 1.70. The minimum Gasteiger partial charge on any atom is -0.317 e. The number of carbonyl (C=O) groups excluding carboxylic acids is 2. The maximum Gasteiger partial charge on any atom is 0.233 e. The number of likely N-dealkylation sites (tertiary alicyclic amines) is 1. The molecule has 3 aliphatic rings. The van der Waals surface area contributed by atoms with Crippen molar-refractivity contribution in [3.05, 3.63) is 12.2 Å². The van der Waals surface area contributed by atoms with Gasteiger partial charge in [-0.1, -0.05) is 12.2 Å². The Morgan fingerprint density at radius 1 is 1.25 bits per heavy atom. The van der Waals surface area contributed by atoms with Crippen LogP contribution in [-0.4, -0.2) is 54.9 Å². The molecule has 0 N–H and O–H groups in total.